The van der Waals surface area contributed by atoms with Crippen LogP contribution in [0.15, 0.2) is 12.1 Å². The molecule has 7 nitrogen and oxygen atoms in total. The monoisotopic (exact) mass is 404 g/mol. The second-order valence-electron chi connectivity index (χ2n) is 8.54. The average molecular weight is 405 g/mol. The van der Waals surface area contributed by atoms with Gasteiger partial charge in [0.15, 0.2) is 5.13 Å². The Bertz CT molecular complexity index is 891. The molecule has 3 N–H and O–H groups in total. The zero-order valence-electron chi connectivity index (χ0n) is 16.8. The van der Waals surface area contributed by atoms with E-state index in [1.807, 2.05) is 33.8 Å². The Morgan fingerprint density at radius 2 is 2.21 bits per heavy atom. The summed E-state index contributed by atoms with van der Waals surface area (Å²) in [5.74, 6) is 0.934. The minimum atomic E-state index is -0.519. The van der Waals surface area contributed by atoms with Crippen LogP contribution >= 0.6 is 11.3 Å². The first-order chi connectivity index (χ1) is 13.2. The third kappa shape index (κ3) is 3.63. The molecule has 0 bridgehead atoms. The van der Waals surface area contributed by atoms with Crippen LogP contribution in [0.25, 0.3) is 10.2 Å². The molecule has 2 aromatic rings. The van der Waals surface area contributed by atoms with Crippen LogP contribution in [0.1, 0.15) is 39.7 Å². The lowest BCUT2D eigenvalue weighted by molar-refractivity contribution is 0.00874. The lowest BCUT2D eigenvalue weighted by atomic mass is 9.93. The Morgan fingerprint density at radius 3 is 2.96 bits per heavy atom. The van der Waals surface area contributed by atoms with Gasteiger partial charge < -0.3 is 25.4 Å². The summed E-state index contributed by atoms with van der Waals surface area (Å²) in [7, 11) is 0. The number of likely N-dealkylation sites (tertiary alicyclic amines) is 1. The van der Waals surface area contributed by atoms with Gasteiger partial charge in [0.25, 0.3) is 0 Å². The summed E-state index contributed by atoms with van der Waals surface area (Å²) in [6, 6.07) is 3.83. The van der Waals surface area contributed by atoms with Crippen LogP contribution in [0.3, 0.4) is 0 Å². The zero-order chi connectivity index (χ0) is 20.1. The Morgan fingerprint density at radius 1 is 1.43 bits per heavy atom. The minimum Gasteiger partial charge on any atom is -0.493 e. The average Bonchev–Trinajstić information content (AvgIpc) is 3.22. The maximum absolute atomic E-state index is 12.6. The van der Waals surface area contributed by atoms with E-state index >= 15 is 0 Å². The second-order valence-corrected chi connectivity index (χ2v) is 9.57. The molecule has 2 aliphatic rings. The third-order valence-corrected chi connectivity index (χ3v) is 6.28. The maximum Gasteiger partial charge on any atom is 0.410 e. The van der Waals surface area contributed by atoms with Crippen molar-refractivity contribution >= 4 is 32.8 Å². The number of rotatable bonds is 2. The molecular weight excluding hydrogens is 376 g/mol. The first kappa shape index (κ1) is 19.3. The highest BCUT2D eigenvalue weighted by Gasteiger charge is 2.38. The van der Waals surface area contributed by atoms with Gasteiger partial charge >= 0.3 is 6.09 Å². The minimum absolute atomic E-state index is 0.0604. The highest BCUT2D eigenvalue weighted by atomic mass is 32.1. The van der Waals surface area contributed by atoms with Gasteiger partial charge in [-0.15, -0.1) is 0 Å². The number of nitrogens with two attached hydrogens (primary N) is 1. The van der Waals surface area contributed by atoms with Crippen molar-refractivity contribution in [1.29, 1.82) is 0 Å². The normalized spacial score (nSPS) is 24.8. The molecule has 3 atom stereocenters. The number of nitrogens with zero attached hydrogens (tertiary/aromatic N) is 2. The van der Waals surface area contributed by atoms with Crippen molar-refractivity contribution in [1.82, 2.24) is 9.88 Å². The standard InChI is InChI=1S/C20H28N4O3S/c1-11-16(13(21)7-9-24(11)19(25)27-20(2,3)4)22-18-23-17-12-8-10-26-14(12)5-6-15(17)28-18/h5-6,11,13,16H,7-10,21H2,1-4H3,(H,22,23)/t11-,13+,16-/m0/s1. The van der Waals surface area contributed by atoms with Crippen molar-refractivity contribution in [3.8, 4) is 5.75 Å². The molecule has 3 heterocycles. The number of carbonyl (C=O) groups excluding carboxylic acids is 1. The van der Waals surface area contributed by atoms with Gasteiger partial charge in [-0.3, -0.25) is 0 Å². The van der Waals surface area contributed by atoms with Gasteiger partial charge in [0.2, 0.25) is 0 Å². The summed E-state index contributed by atoms with van der Waals surface area (Å²) >= 11 is 1.61. The summed E-state index contributed by atoms with van der Waals surface area (Å²) in [6.45, 7) is 8.96. The van der Waals surface area contributed by atoms with Crippen molar-refractivity contribution in [2.24, 2.45) is 5.73 Å². The van der Waals surface area contributed by atoms with E-state index in [9.17, 15) is 4.79 Å². The van der Waals surface area contributed by atoms with Gasteiger partial charge in [-0.2, -0.15) is 0 Å². The van der Waals surface area contributed by atoms with Crippen LogP contribution in [0.5, 0.6) is 5.75 Å². The number of nitrogens with one attached hydrogen (secondary N) is 1. The van der Waals surface area contributed by atoms with Gasteiger partial charge in [0.05, 0.1) is 28.9 Å². The molecule has 4 rings (SSSR count). The summed E-state index contributed by atoms with van der Waals surface area (Å²) in [6.07, 6.45) is 1.31. The molecular formula is C20H28N4O3S. The number of thiazole rings is 1. The number of hydrogen-bond acceptors (Lipinski definition) is 7. The zero-order valence-corrected chi connectivity index (χ0v) is 17.6. The Kier molecular flexibility index (Phi) is 4.87. The quantitative estimate of drug-likeness (QED) is 0.798. The summed E-state index contributed by atoms with van der Waals surface area (Å²) in [4.78, 5) is 19.2. The molecule has 1 fully saturated rings. The smallest absolute Gasteiger partial charge is 0.410 e. The number of hydrogen-bond donors (Lipinski definition) is 2. The molecule has 28 heavy (non-hydrogen) atoms. The topological polar surface area (TPSA) is 89.7 Å². The van der Waals surface area contributed by atoms with E-state index in [2.05, 4.69) is 11.4 Å². The van der Waals surface area contributed by atoms with Gasteiger partial charge in [0, 0.05) is 24.6 Å². The van der Waals surface area contributed by atoms with E-state index < -0.39 is 5.60 Å². The molecule has 0 spiro atoms. The molecule has 0 unspecified atom stereocenters. The van der Waals surface area contributed by atoms with Crippen LogP contribution in [0, 0.1) is 0 Å². The first-order valence-electron chi connectivity index (χ1n) is 9.80. The number of amides is 1. The number of benzene rings is 1. The molecule has 1 aromatic heterocycles. The van der Waals surface area contributed by atoms with Crippen LogP contribution in [0.4, 0.5) is 9.93 Å². The maximum atomic E-state index is 12.6. The Labute approximate surface area is 169 Å². The van der Waals surface area contributed by atoms with Gasteiger partial charge in [-0.25, -0.2) is 9.78 Å². The summed E-state index contributed by atoms with van der Waals surface area (Å²) in [5, 5.41) is 4.33. The van der Waals surface area contributed by atoms with Crippen molar-refractivity contribution in [3.63, 3.8) is 0 Å². The van der Waals surface area contributed by atoms with Crippen molar-refractivity contribution in [2.45, 2.75) is 64.3 Å². The molecule has 1 amide bonds. The molecule has 1 saturated heterocycles. The van der Waals surface area contributed by atoms with Crippen molar-refractivity contribution in [3.05, 3.63) is 17.7 Å². The van der Waals surface area contributed by atoms with E-state index in [-0.39, 0.29) is 24.2 Å². The van der Waals surface area contributed by atoms with Crippen molar-refractivity contribution in [2.75, 3.05) is 18.5 Å². The lowest BCUT2D eigenvalue weighted by Crippen LogP contribution is -2.61. The highest BCUT2D eigenvalue weighted by Crippen LogP contribution is 2.37. The van der Waals surface area contributed by atoms with Gasteiger partial charge in [-0.05, 0) is 46.2 Å². The molecule has 152 valence electrons. The summed E-state index contributed by atoms with van der Waals surface area (Å²) < 4.78 is 12.3. The number of carbonyl (C=O) groups is 1. The van der Waals surface area contributed by atoms with Gasteiger partial charge in [-0.1, -0.05) is 11.3 Å². The number of ether oxygens (including phenoxy) is 2. The van der Waals surface area contributed by atoms with E-state index in [0.717, 1.165) is 33.9 Å². The Balaban J connectivity index is 1.54. The van der Waals surface area contributed by atoms with Crippen LogP contribution in [0.2, 0.25) is 0 Å². The van der Waals surface area contributed by atoms with Crippen LogP contribution in [-0.2, 0) is 11.2 Å². The van der Waals surface area contributed by atoms with Crippen LogP contribution in [-0.4, -0.2) is 52.9 Å². The highest BCUT2D eigenvalue weighted by molar-refractivity contribution is 7.22. The predicted octanol–water partition coefficient (Wildman–Crippen LogP) is 3.37. The molecule has 0 saturated carbocycles. The first-order valence-corrected chi connectivity index (χ1v) is 10.6. The SMILES string of the molecule is C[C@H]1[C@H](Nc2nc3c4c(ccc3s2)OCC4)[C@H](N)CCN1C(=O)OC(C)(C)C. The number of piperidine rings is 1. The molecule has 0 aliphatic carbocycles. The molecule has 8 heteroatoms. The number of aromatic nitrogens is 1. The number of fused-ring (bicyclic) bond motifs is 3. The Hall–Kier alpha value is -2.06. The molecule has 1 aromatic carbocycles. The fourth-order valence-electron chi connectivity index (χ4n) is 3.90. The van der Waals surface area contributed by atoms with E-state index in [4.69, 9.17) is 20.2 Å². The third-order valence-electron chi connectivity index (χ3n) is 5.33. The van der Waals surface area contributed by atoms with E-state index in [0.29, 0.717) is 13.2 Å². The fraction of sp³-hybridized carbons (Fsp3) is 0.600. The molecule has 2 aliphatic heterocycles. The van der Waals surface area contributed by atoms with Crippen molar-refractivity contribution < 1.29 is 14.3 Å². The lowest BCUT2D eigenvalue weighted by Gasteiger charge is -2.43. The fourth-order valence-corrected chi connectivity index (χ4v) is 4.84. The predicted molar refractivity (Wildman–Crippen MR) is 111 cm³/mol. The van der Waals surface area contributed by atoms with E-state index in [1.165, 1.54) is 5.56 Å². The van der Waals surface area contributed by atoms with E-state index in [1.54, 1.807) is 16.2 Å². The second kappa shape index (κ2) is 7.08. The van der Waals surface area contributed by atoms with Crippen LogP contribution < -0.4 is 15.8 Å². The number of anilines is 1. The largest absolute Gasteiger partial charge is 0.493 e. The van der Waals surface area contributed by atoms with Gasteiger partial charge in [0.1, 0.15) is 11.4 Å². The molecule has 0 radical (unpaired) electrons. The summed E-state index contributed by atoms with van der Waals surface area (Å²) in [5.41, 5.74) is 8.07.